The SMILES string of the molecule is CNS(=O)(=O)c1ccc(CNC(=O)c2ccc(-c3ccc(OC(F)(F)F)cc3)nc2)c(Cl)c1. The molecule has 0 aliphatic rings. The lowest BCUT2D eigenvalue weighted by atomic mass is 10.1. The van der Waals surface area contributed by atoms with Gasteiger partial charge in [-0.3, -0.25) is 9.78 Å². The molecule has 2 aromatic carbocycles. The quantitative estimate of drug-likeness (QED) is 0.509. The van der Waals surface area contributed by atoms with Gasteiger partial charge in [-0.15, -0.1) is 13.2 Å². The highest BCUT2D eigenvalue weighted by atomic mass is 35.5. The molecular weight excluding hydrogens is 483 g/mol. The van der Waals surface area contributed by atoms with E-state index in [4.69, 9.17) is 11.6 Å². The van der Waals surface area contributed by atoms with E-state index in [0.29, 0.717) is 16.8 Å². The van der Waals surface area contributed by atoms with Gasteiger partial charge in [0, 0.05) is 23.3 Å². The number of hydrogen-bond acceptors (Lipinski definition) is 5. The first-order chi connectivity index (χ1) is 15.5. The maximum atomic E-state index is 12.4. The van der Waals surface area contributed by atoms with Crippen LogP contribution >= 0.6 is 11.6 Å². The van der Waals surface area contributed by atoms with Crippen LogP contribution in [0, 0.1) is 0 Å². The number of sulfonamides is 1. The zero-order chi connectivity index (χ0) is 24.2. The van der Waals surface area contributed by atoms with Crippen LogP contribution < -0.4 is 14.8 Å². The molecular formula is C21H17ClF3N3O4S. The Morgan fingerprint density at radius 1 is 1.09 bits per heavy atom. The van der Waals surface area contributed by atoms with Gasteiger partial charge < -0.3 is 10.1 Å². The van der Waals surface area contributed by atoms with Crippen molar-refractivity contribution in [1.29, 1.82) is 0 Å². The van der Waals surface area contributed by atoms with Crippen molar-refractivity contribution in [1.82, 2.24) is 15.0 Å². The van der Waals surface area contributed by atoms with Crippen LogP contribution in [0.4, 0.5) is 13.2 Å². The topological polar surface area (TPSA) is 97.4 Å². The predicted octanol–water partition coefficient (Wildman–Crippen LogP) is 4.14. The summed E-state index contributed by atoms with van der Waals surface area (Å²) in [4.78, 5) is 16.6. The van der Waals surface area contributed by atoms with Crippen molar-refractivity contribution in [3.8, 4) is 17.0 Å². The fraction of sp³-hybridized carbons (Fsp3) is 0.143. The molecule has 0 spiro atoms. The lowest BCUT2D eigenvalue weighted by Gasteiger charge is -2.10. The second-order valence-electron chi connectivity index (χ2n) is 6.65. The molecule has 2 N–H and O–H groups in total. The van der Waals surface area contributed by atoms with E-state index < -0.39 is 22.3 Å². The van der Waals surface area contributed by atoms with Crippen LogP contribution in [0.2, 0.25) is 5.02 Å². The van der Waals surface area contributed by atoms with Gasteiger partial charge in [-0.1, -0.05) is 17.7 Å². The van der Waals surface area contributed by atoms with Crippen LogP contribution in [0.1, 0.15) is 15.9 Å². The number of nitrogens with zero attached hydrogens (tertiary/aromatic N) is 1. The first kappa shape index (κ1) is 24.5. The summed E-state index contributed by atoms with van der Waals surface area (Å²) in [5.74, 6) is -0.788. The smallest absolute Gasteiger partial charge is 0.406 e. The standard InChI is InChI=1S/C21H17ClF3N3O4S/c1-26-33(30,31)17-8-4-14(18(22)10-17)11-28-20(29)15-5-9-19(27-12-15)13-2-6-16(7-3-13)32-21(23,24)25/h2-10,12,26H,11H2,1H3,(H,28,29). The number of halogens is 4. The fourth-order valence-corrected chi connectivity index (χ4v) is 3.83. The van der Waals surface area contributed by atoms with E-state index in [1.54, 1.807) is 6.07 Å². The number of nitrogens with one attached hydrogen (secondary N) is 2. The number of benzene rings is 2. The third-order valence-electron chi connectivity index (χ3n) is 4.45. The minimum absolute atomic E-state index is 0.00265. The van der Waals surface area contributed by atoms with Gasteiger partial charge in [-0.25, -0.2) is 13.1 Å². The lowest BCUT2D eigenvalue weighted by Crippen LogP contribution is -2.23. The minimum Gasteiger partial charge on any atom is -0.406 e. The Bertz CT molecular complexity index is 1250. The molecule has 1 heterocycles. The third kappa shape index (κ3) is 6.44. The summed E-state index contributed by atoms with van der Waals surface area (Å²) in [5, 5.41) is 2.84. The molecule has 12 heteroatoms. The molecule has 0 unspecified atom stereocenters. The first-order valence-corrected chi connectivity index (χ1v) is 11.2. The van der Waals surface area contributed by atoms with Crippen LogP contribution in [0.3, 0.4) is 0 Å². The number of pyridine rings is 1. The van der Waals surface area contributed by atoms with E-state index in [-0.39, 0.29) is 27.8 Å². The molecule has 0 atom stereocenters. The molecule has 0 bridgehead atoms. The summed E-state index contributed by atoms with van der Waals surface area (Å²) in [6, 6.07) is 12.4. The molecule has 1 aromatic heterocycles. The molecule has 3 aromatic rings. The number of alkyl halides is 3. The molecule has 0 saturated carbocycles. The first-order valence-electron chi connectivity index (χ1n) is 9.31. The van der Waals surface area contributed by atoms with Gasteiger partial charge in [0.1, 0.15) is 5.75 Å². The zero-order valence-corrected chi connectivity index (χ0v) is 18.6. The molecule has 7 nitrogen and oxygen atoms in total. The number of amides is 1. The Balaban J connectivity index is 1.64. The van der Waals surface area contributed by atoms with Crippen molar-refractivity contribution in [2.24, 2.45) is 0 Å². The number of ether oxygens (including phenoxy) is 1. The van der Waals surface area contributed by atoms with Crippen LogP contribution in [0.15, 0.2) is 65.7 Å². The van der Waals surface area contributed by atoms with Crippen LogP contribution in [0.5, 0.6) is 5.75 Å². The van der Waals surface area contributed by atoms with Crippen molar-refractivity contribution in [3.63, 3.8) is 0 Å². The summed E-state index contributed by atoms with van der Waals surface area (Å²) < 4.78 is 66.4. The van der Waals surface area contributed by atoms with E-state index in [1.165, 1.54) is 61.8 Å². The second-order valence-corrected chi connectivity index (χ2v) is 8.94. The van der Waals surface area contributed by atoms with Crippen molar-refractivity contribution in [3.05, 3.63) is 76.9 Å². The number of aromatic nitrogens is 1. The Labute approximate surface area is 192 Å². The highest BCUT2D eigenvalue weighted by Crippen LogP contribution is 2.26. The van der Waals surface area contributed by atoms with Crippen molar-refractivity contribution >= 4 is 27.5 Å². The van der Waals surface area contributed by atoms with Gasteiger partial charge >= 0.3 is 6.36 Å². The molecule has 0 radical (unpaired) electrons. The number of hydrogen-bond donors (Lipinski definition) is 2. The average Bonchev–Trinajstić information content (AvgIpc) is 2.77. The molecule has 33 heavy (non-hydrogen) atoms. The van der Waals surface area contributed by atoms with Crippen LogP contribution in [-0.4, -0.2) is 32.7 Å². The van der Waals surface area contributed by atoms with Gasteiger partial charge in [0.15, 0.2) is 0 Å². The molecule has 174 valence electrons. The fourth-order valence-electron chi connectivity index (χ4n) is 2.76. The largest absolute Gasteiger partial charge is 0.573 e. The number of carbonyl (C=O) groups is 1. The van der Waals surface area contributed by atoms with Crippen LogP contribution in [0.25, 0.3) is 11.3 Å². The van der Waals surface area contributed by atoms with E-state index >= 15 is 0 Å². The second kappa shape index (κ2) is 9.77. The lowest BCUT2D eigenvalue weighted by molar-refractivity contribution is -0.274. The minimum atomic E-state index is -4.77. The Hall–Kier alpha value is -3.15. The summed E-state index contributed by atoms with van der Waals surface area (Å²) in [5.41, 5.74) is 1.77. The molecule has 0 fully saturated rings. The Morgan fingerprint density at radius 2 is 1.79 bits per heavy atom. The van der Waals surface area contributed by atoms with Gasteiger partial charge in [0.2, 0.25) is 10.0 Å². The van der Waals surface area contributed by atoms with Gasteiger partial charge in [0.25, 0.3) is 5.91 Å². The van der Waals surface area contributed by atoms with Gasteiger partial charge in [-0.2, -0.15) is 0 Å². The van der Waals surface area contributed by atoms with E-state index in [2.05, 4.69) is 19.8 Å². The Morgan fingerprint density at radius 3 is 2.33 bits per heavy atom. The average molecular weight is 500 g/mol. The van der Waals surface area contributed by atoms with E-state index in [9.17, 15) is 26.4 Å². The van der Waals surface area contributed by atoms with E-state index in [0.717, 1.165) is 0 Å². The molecule has 1 amide bonds. The normalized spacial score (nSPS) is 11.8. The molecule has 0 aliphatic heterocycles. The van der Waals surface area contributed by atoms with Gasteiger partial charge in [0.05, 0.1) is 16.2 Å². The molecule has 0 aliphatic carbocycles. The highest BCUT2D eigenvalue weighted by molar-refractivity contribution is 7.89. The summed E-state index contributed by atoms with van der Waals surface area (Å²) in [6.07, 6.45) is -3.44. The third-order valence-corrected chi connectivity index (χ3v) is 6.22. The highest BCUT2D eigenvalue weighted by Gasteiger charge is 2.31. The molecule has 0 saturated heterocycles. The monoisotopic (exact) mass is 499 g/mol. The zero-order valence-electron chi connectivity index (χ0n) is 17.0. The summed E-state index contributed by atoms with van der Waals surface area (Å²) >= 11 is 6.13. The van der Waals surface area contributed by atoms with Crippen LogP contribution in [-0.2, 0) is 16.6 Å². The predicted molar refractivity (Wildman–Crippen MR) is 115 cm³/mol. The maximum Gasteiger partial charge on any atom is 0.573 e. The Kier molecular flexibility index (Phi) is 7.25. The molecule has 3 rings (SSSR count). The summed E-state index contributed by atoms with van der Waals surface area (Å²) in [6.45, 7) is 0.0555. The number of rotatable bonds is 7. The summed E-state index contributed by atoms with van der Waals surface area (Å²) in [7, 11) is -2.35. The van der Waals surface area contributed by atoms with E-state index in [1.807, 2.05) is 0 Å². The maximum absolute atomic E-state index is 12.4. The van der Waals surface area contributed by atoms with Crippen molar-refractivity contribution in [2.75, 3.05) is 7.05 Å². The van der Waals surface area contributed by atoms with Crippen molar-refractivity contribution < 1.29 is 31.1 Å². The number of carbonyl (C=O) groups excluding carboxylic acids is 1. The van der Waals surface area contributed by atoms with Gasteiger partial charge in [-0.05, 0) is 61.1 Å². The van der Waals surface area contributed by atoms with Crippen molar-refractivity contribution in [2.45, 2.75) is 17.8 Å².